The Kier molecular flexibility index (Phi) is 7.79. The lowest BCUT2D eigenvalue weighted by Crippen LogP contribution is -2.35. The van der Waals surface area contributed by atoms with Crippen LogP contribution in [0.5, 0.6) is 0 Å². The fourth-order valence-corrected chi connectivity index (χ4v) is 6.35. The Labute approximate surface area is 229 Å². The largest absolute Gasteiger partial charge is 0.481 e. The summed E-state index contributed by atoms with van der Waals surface area (Å²) in [5.74, 6) is -0.233. The number of hydrogen-bond donors (Lipinski definition) is 1. The Morgan fingerprint density at radius 1 is 1.28 bits per heavy atom. The van der Waals surface area contributed by atoms with Gasteiger partial charge in [0.15, 0.2) is 5.13 Å². The molecule has 3 aromatic heterocycles. The molecule has 0 aromatic carbocycles. The fourth-order valence-electron chi connectivity index (χ4n) is 5.57. The standard InChI is InChI=1S/C28H31FN4O5S/c1-16-12-20(25(38-16)18-9-10-21(30-15-18)33-11-5-8-22(33)34)24-26(29)39-28(31-24)32(2)27(37)19(14-23(35)36)13-17-6-3-4-7-17/h9-10,12,15,17,19H,3-8,11,13-14H2,1-2H3,(H,35,36). The molecule has 2 amide bonds. The van der Waals surface area contributed by atoms with Gasteiger partial charge in [0, 0.05) is 37.7 Å². The van der Waals surface area contributed by atoms with Gasteiger partial charge in [-0.25, -0.2) is 9.97 Å². The lowest BCUT2D eigenvalue weighted by molar-refractivity contribution is -0.140. The van der Waals surface area contributed by atoms with Gasteiger partial charge in [-0.05, 0) is 43.9 Å². The molecular weight excluding hydrogens is 523 g/mol. The molecule has 1 aliphatic carbocycles. The number of hydrogen-bond acceptors (Lipinski definition) is 7. The van der Waals surface area contributed by atoms with Gasteiger partial charge >= 0.3 is 5.97 Å². The summed E-state index contributed by atoms with van der Waals surface area (Å²) in [6.45, 7) is 2.38. The third kappa shape index (κ3) is 5.73. The van der Waals surface area contributed by atoms with Crippen LogP contribution in [0.3, 0.4) is 0 Å². The number of rotatable bonds is 9. The van der Waals surface area contributed by atoms with E-state index in [0.717, 1.165) is 43.4 Å². The maximum atomic E-state index is 15.3. The summed E-state index contributed by atoms with van der Waals surface area (Å²) in [6.07, 6.45) is 7.31. The van der Waals surface area contributed by atoms with Gasteiger partial charge in [0.25, 0.3) is 0 Å². The zero-order valence-electron chi connectivity index (χ0n) is 22.0. The predicted octanol–water partition coefficient (Wildman–Crippen LogP) is 5.67. The summed E-state index contributed by atoms with van der Waals surface area (Å²) in [7, 11) is 1.51. The minimum absolute atomic E-state index is 0.0364. The lowest BCUT2D eigenvalue weighted by Gasteiger charge is -2.23. The first-order chi connectivity index (χ1) is 18.7. The molecule has 1 saturated heterocycles. The summed E-state index contributed by atoms with van der Waals surface area (Å²) in [5.41, 5.74) is 1.07. The van der Waals surface area contributed by atoms with Gasteiger partial charge in [-0.15, -0.1) is 0 Å². The molecule has 0 spiro atoms. The Morgan fingerprint density at radius 2 is 2.05 bits per heavy atom. The van der Waals surface area contributed by atoms with Crippen LogP contribution in [0.25, 0.3) is 22.6 Å². The Hall–Kier alpha value is -3.60. The normalized spacial score (nSPS) is 16.7. The van der Waals surface area contributed by atoms with E-state index < -0.39 is 17.0 Å². The van der Waals surface area contributed by atoms with Crippen LogP contribution in [0.1, 0.15) is 57.1 Å². The molecule has 0 bridgehead atoms. The van der Waals surface area contributed by atoms with Crippen molar-refractivity contribution in [3.63, 3.8) is 0 Å². The quantitative estimate of drug-likeness (QED) is 0.362. The molecule has 1 N–H and O–H groups in total. The monoisotopic (exact) mass is 554 g/mol. The van der Waals surface area contributed by atoms with Crippen LogP contribution in [-0.4, -0.2) is 46.5 Å². The second-order valence-electron chi connectivity index (χ2n) is 10.4. The van der Waals surface area contributed by atoms with E-state index in [-0.39, 0.29) is 29.1 Å². The third-order valence-electron chi connectivity index (χ3n) is 7.53. The topological polar surface area (TPSA) is 117 Å². The number of carboxylic acids is 1. The van der Waals surface area contributed by atoms with Crippen LogP contribution in [0, 0.1) is 23.9 Å². The molecule has 206 valence electrons. The maximum Gasteiger partial charge on any atom is 0.304 e. The number of thiazole rings is 1. The van der Waals surface area contributed by atoms with Crippen molar-refractivity contribution < 1.29 is 28.3 Å². The van der Waals surface area contributed by atoms with Crippen molar-refractivity contribution in [3.05, 3.63) is 35.3 Å². The molecule has 1 aliphatic heterocycles. The average molecular weight is 555 g/mol. The number of carbonyl (C=O) groups is 3. The van der Waals surface area contributed by atoms with Gasteiger partial charge in [0.2, 0.25) is 16.9 Å². The minimum Gasteiger partial charge on any atom is -0.481 e. The first-order valence-electron chi connectivity index (χ1n) is 13.2. The van der Waals surface area contributed by atoms with E-state index in [1.807, 2.05) is 0 Å². The summed E-state index contributed by atoms with van der Waals surface area (Å²) < 4.78 is 21.2. The first kappa shape index (κ1) is 27.0. The van der Waals surface area contributed by atoms with E-state index in [1.165, 1.54) is 11.9 Å². The van der Waals surface area contributed by atoms with Gasteiger partial charge in [-0.3, -0.25) is 24.2 Å². The molecule has 0 radical (unpaired) electrons. The number of aliphatic carboxylic acids is 1. The molecule has 5 rings (SSSR count). The van der Waals surface area contributed by atoms with Gasteiger partial charge in [0.05, 0.1) is 12.0 Å². The van der Waals surface area contributed by atoms with Crippen molar-refractivity contribution in [2.24, 2.45) is 11.8 Å². The van der Waals surface area contributed by atoms with Crippen molar-refractivity contribution in [3.8, 4) is 22.6 Å². The molecule has 1 saturated carbocycles. The maximum absolute atomic E-state index is 15.3. The van der Waals surface area contributed by atoms with E-state index in [9.17, 15) is 19.5 Å². The highest BCUT2D eigenvalue weighted by Crippen LogP contribution is 2.40. The number of carboxylic acid groups (broad SMARTS) is 1. The molecule has 2 aliphatic rings. The van der Waals surface area contributed by atoms with Gasteiger partial charge in [0.1, 0.15) is 23.0 Å². The molecule has 9 nitrogen and oxygen atoms in total. The van der Waals surface area contributed by atoms with E-state index in [1.54, 1.807) is 36.2 Å². The van der Waals surface area contributed by atoms with Gasteiger partial charge in [-0.1, -0.05) is 37.0 Å². The molecular formula is C28H31FN4O5S. The third-order valence-corrected chi connectivity index (χ3v) is 8.45. The molecule has 2 fully saturated rings. The summed E-state index contributed by atoms with van der Waals surface area (Å²) in [5, 5.41) is 8.98. The van der Waals surface area contributed by atoms with E-state index in [0.29, 0.717) is 53.8 Å². The van der Waals surface area contributed by atoms with Crippen molar-refractivity contribution in [2.75, 3.05) is 23.4 Å². The molecule has 3 aromatic rings. The Bertz CT molecular complexity index is 1380. The Balaban J connectivity index is 1.39. The van der Waals surface area contributed by atoms with Crippen molar-refractivity contribution in [2.45, 2.75) is 58.3 Å². The van der Waals surface area contributed by atoms with Crippen molar-refractivity contribution >= 4 is 40.1 Å². The fraction of sp³-hybridized carbons (Fsp3) is 0.464. The molecule has 1 atom stereocenters. The summed E-state index contributed by atoms with van der Waals surface area (Å²) >= 11 is 0.736. The number of nitrogens with zero attached hydrogens (tertiary/aromatic N) is 4. The second kappa shape index (κ2) is 11.3. The number of aromatic nitrogens is 2. The smallest absolute Gasteiger partial charge is 0.304 e. The first-order valence-corrected chi connectivity index (χ1v) is 14.1. The lowest BCUT2D eigenvalue weighted by atomic mass is 9.90. The van der Waals surface area contributed by atoms with E-state index >= 15 is 4.39 Å². The van der Waals surface area contributed by atoms with Crippen LogP contribution in [0.2, 0.25) is 0 Å². The highest BCUT2D eigenvalue weighted by Gasteiger charge is 2.32. The van der Waals surface area contributed by atoms with E-state index in [2.05, 4.69) is 9.97 Å². The van der Waals surface area contributed by atoms with Crippen LogP contribution >= 0.6 is 11.3 Å². The van der Waals surface area contributed by atoms with Crippen LogP contribution in [0.4, 0.5) is 15.3 Å². The zero-order valence-corrected chi connectivity index (χ0v) is 22.8. The predicted molar refractivity (Wildman–Crippen MR) is 145 cm³/mol. The number of amides is 2. The molecule has 39 heavy (non-hydrogen) atoms. The number of carbonyl (C=O) groups excluding carboxylic acids is 2. The summed E-state index contributed by atoms with van der Waals surface area (Å²) in [6, 6.07) is 5.20. The highest BCUT2D eigenvalue weighted by molar-refractivity contribution is 7.14. The zero-order chi connectivity index (χ0) is 27.7. The number of halogens is 1. The second-order valence-corrected chi connectivity index (χ2v) is 11.3. The van der Waals surface area contributed by atoms with Crippen molar-refractivity contribution in [1.82, 2.24) is 9.97 Å². The molecule has 4 heterocycles. The summed E-state index contributed by atoms with van der Waals surface area (Å²) in [4.78, 5) is 48.7. The number of anilines is 2. The SMILES string of the molecule is Cc1cc(-c2nc(N(C)C(=O)C(CC(=O)O)CC3CCCC3)sc2F)c(-c2ccc(N3CCCC3=O)nc2)o1. The number of furan rings is 1. The van der Waals surface area contributed by atoms with Crippen LogP contribution < -0.4 is 9.80 Å². The highest BCUT2D eigenvalue weighted by atomic mass is 32.1. The molecule has 1 unspecified atom stereocenters. The van der Waals surface area contributed by atoms with Crippen LogP contribution in [-0.2, 0) is 14.4 Å². The van der Waals surface area contributed by atoms with Gasteiger partial charge in [-0.2, -0.15) is 4.39 Å². The van der Waals surface area contributed by atoms with Crippen LogP contribution in [0.15, 0.2) is 28.8 Å². The number of pyridine rings is 1. The Morgan fingerprint density at radius 3 is 2.69 bits per heavy atom. The number of aryl methyl sites for hydroxylation is 1. The average Bonchev–Trinajstić information content (AvgIpc) is 3.71. The van der Waals surface area contributed by atoms with Crippen molar-refractivity contribution in [1.29, 1.82) is 0 Å². The van der Waals surface area contributed by atoms with Gasteiger partial charge < -0.3 is 9.52 Å². The minimum atomic E-state index is -1.03. The van der Waals surface area contributed by atoms with E-state index in [4.69, 9.17) is 4.42 Å². The molecule has 11 heteroatoms.